The highest BCUT2D eigenvalue weighted by molar-refractivity contribution is 7.71. The van der Waals surface area contributed by atoms with Crippen LogP contribution in [-0.2, 0) is 4.74 Å². The minimum Gasteiger partial charge on any atom is -0.394 e. The first-order valence-electron chi connectivity index (χ1n) is 7.06. The van der Waals surface area contributed by atoms with Crippen LogP contribution in [0.25, 0.3) is 11.3 Å². The number of aliphatic hydroxyl groups excluding tert-OH is 3. The largest absolute Gasteiger partial charge is 0.394 e. The number of aromatic nitrogens is 2. The van der Waals surface area contributed by atoms with E-state index in [0.717, 1.165) is 0 Å². The summed E-state index contributed by atoms with van der Waals surface area (Å²) < 4.78 is 7.03. The molecule has 1 saturated heterocycles. The molecule has 8 heteroatoms. The molecule has 0 aliphatic carbocycles. The van der Waals surface area contributed by atoms with E-state index in [0.29, 0.717) is 11.3 Å². The molecule has 0 spiro atoms. The van der Waals surface area contributed by atoms with E-state index in [1.807, 2.05) is 6.07 Å². The maximum absolute atomic E-state index is 11.8. The van der Waals surface area contributed by atoms with Crippen LogP contribution in [0.4, 0.5) is 0 Å². The summed E-state index contributed by atoms with van der Waals surface area (Å²) >= 11 is 5.20. The van der Waals surface area contributed by atoms with Gasteiger partial charge in [0.2, 0.25) is 0 Å². The van der Waals surface area contributed by atoms with Gasteiger partial charge in [0.15, 0.2) is 11.0 Å². The van der Waals surface area contributed by atoms with E-state index in [2.05, 4.69) is 4.98 Å². The normalized spacial score (nSPS) is 27.3. The van der Waals surface area contributed by atoms with Crippen molar-refractivity contribution < 1.29 is 20.1 Å². The summed E-state index contributed by atoms with van der Waals surface area (Å²) in [5, 5.41) is 29.4. The molecule has 122 valence electrons. The summed E-state index contributed by atoms with van der Waals surface area (Å²) in [5.74, 6) is 0. The maximum Gasteiger partial charge on any atom is 0.252 e. The molecule has 1 aliphatic rings. The molecule has 1 aliphatic heterocycles. The number of nitrogens with zero attached hydrogens (tertiary/aromatic N) is 1. The van der Waals surface area contributed by atoms with Crippen molar-refractivity contribution in [1.82, 2.24) is 9.55 Å². The van der Waals surface area contributed by atoms with Gasteiger partial charge in [-0.3, -0.25) is 14.3 Å². The maximum atomic E-state index is 11.8. The zero-order chi connectivity index (χ0) is 16.6. The van der Waals surface area contributed by atoms with E-state index < -0.39 is 31.1 Å². The third-order valence-corrected chi connectivity index (χ3v) is 4.12. The first kappa shape index (κ1) is 16.0. The van der Waals surface area contributed by atoms with Crippen LogP contribution < -0.4 is 5.56 Å². The molecule has 1 aromatic heterocycles. The highest BCUT2D eigenvalue weighted by Crippen LogP contribution is 2.32. The predicted molar refractivity (Wildman–Crippen MR) is 84.3 cm³/mol. The smallest absolute Gasteiger partial charge is 0.252 e. The standard InChI is InChI=1S/C15H16N2O5S/c18-7-10-12(20)13(21)14(22-10)17-9(6-11(19)16-15(17)23)8-4-2-1-3-5-8/h1-6,10,12-14,18,20-21H,7H2,(H,16,19,23)/t10-,12-,13-,14-/m1/s1. The van der Waals surface area contributed by atoms with Gasteiger partial charge >= 0.3 is 0 Å². The Morgan fingerprint density at radius 2 is 1.91 bits per heavy atom. The molecule has 4 N–H and O–H groups in total. The Morgan fingerprint density at radius 1 is 1.22 bits per heavy atom. The average Bonchev–Trinajstić information content (AvgIpc) is 2.83. The summed E-state index contributed by atoms with van der Waals surface area (Å²) in [6.45, 7) is -0.438. The topological polar surface area (TPSA) is 108 Å². The number of nitrogens with one attached hydrogen (secondary N) is 1. The van der Waals surface area contributed by atoms with Crippen LogP contribution in [-0.4, -0.2) is 49.8 Å². The fourth-order valence-corrected chi connectivity index (χ4v) is 2.98. The molecule has 23 heavy (non-hydrogen) atoms. The van der Waals surface area contributed by atoms with E-state index in [9.17, 15) is 20.1 Å². The lowest BCUT2D eigenvalue weighted by molar-refractivity contribution is -0.0533. The van der Waals surface area contributed by atoms with Crippen molar-refractivity contribution in [3.8, 4) is 11.3 Å². The monoisotopic (exact) mass is 336 g/mol. The van der Waals surface area contributed by atoms with Crippen LogP contribution in [0.2, 0.25) is 0 Å². The molecule has 7 nitrogen and oxygen atoms in total. The predicted octanol–water partition coefficient (Wildman–Crippen LogP) is 0.184. The van der Waals surface area contributed by atoms with Gasteiger partial charge in [-0.25, -0.2) is 0 Å². The van der Waals surface area contributed by atoms with E-state index in [-0.39, 0.29) is 10.3 Å². The fraction of sp³-hybridized carbons (Fsp3) is 0.333. The Hall–Kier alpha value is -1.84. The quantitative estimate of drug-likeness (QED) is 0.596. The van der Waals surface area contributed by atoms with Crippen molar-refractivity contribution >= 4 is 12.2 Å². The van der Waals surface area contributed by atoms with E-state index in [4.69, 9.17) is 17.0 Å². The zero-order valence-electron chi connectivity index (χ0n) is 12.0. The lowest BCUT2D eigenvalue weighted by atomic mass is 10.1. The second kappa shape index (κ2) is 6.34. The van der Waals surface area contributed by atoms with Crippen LogP contribution in [0.3, 0.4) is 0 Å². The first-order chi connectivity index (χ1) is 11.0. The van der Waals surface area contributed by atoms with Gasteiger partial charge < -0.3 is 20.1 Å². The van der Waals surface area contributed by atoms with E-state index in [1.54, 1.807) is 24.3 Å². The molecular weight excluding hydrogens is 320 g/mol. The number of rotatable bonds is 3. The molecule has 0 unspecified atom stereocenters. The second-order valence-corrected chi connectivity index (χ2v) is 5.68. The molecule has 1 fully saturated rings. The fourth-order valence-electron chi connectivity index (χ4n) is 2.68. The van der Waals surface area contributed by atoms with Gasteiger partial charge in [-0.2, -0.15) is 0 Å². The van der Waals surface area contributed by atoms with Gasteiger partial charge in [0.1, 0.15) is 18.3 Å². The minimum absolute atomic E-state index is 0.0613. The Morgan fingerprint density at radius 3 is 2.52 bits per heavy atom. The minimum atomic E-state index is -1.28. The Bertz CT molecular complexity index is 804. The molecule has 0 radical (unpaired) electrons. The lowest BCUT2D eigenvalue weighted by Gasteiger charge is -2.22. The average molecular weight is 336 g/mol. The van der Waals surface area contributed by atoms with Gasteiger partial charge in [0, 0.05) is 6.07 Å². The molecular formula is C15H16N2O5S. The van der Waals surface area contributed by atoms with Gasteiger partial charge in [-0.15, -0.1) is 0 Å². The van der Waals surface area contributed by atoms with Crippen molar-refractivity contribution in [3.63, 3.8) is 0 Å². The number of hydrogen-bond donors (Lipinski definition) is 4. The number of aliphatic hydroxyl groups is 3. The molecule has 2 aromatic rings. The molecule has 2 heterocycles. The number of aromatic amines is 1. The summed E-state index contributed by atoms with van der Waals surface area (Å²) in [7, 11) is 0. The molecule has 4 atom stereocenters. The summed E-state index contributed by atoms with van der Waals surface area (Å²) in [6, 6.07) is 10.4. The van der Waals surface area contributed by atoms with Gasteiger partial charge in [-0.05, 0) is 17.8 Å². The molecule has 3 rings (SSSR count). The van der Waals surface area contributed by atoms with Crippen LogP contribution in [0.5, 0.6) is 0 Å². The van der Waals surface area contributed by atoms with Crippen molar-refractivity contribution in [2.75, 3.05) is 6.61 Å². The highest BCUT2D eigenvalue weighted by atomic mass is 32.1. The summed E-state index contributed by atoms with van der Waals surface area (Å²) in [6.07, 6.45) is -4.47. The third-order valence-electron chi connectivity index (χ3n) is 3.82. The van der Waals surface area contributed by atoms with Gasteiger partial charge in [0.05, 0.1) is 12.3 Å². The van der Waals surface area contributed by atoms with Crippen LogP contribution in [0, 0.1) is 4.77 Å². The lowest BCUT2D eigenvalue weighted by Crippen LogP contribution is -2.33. The van der Waals surface area contributed by atoms with Crippen LogP contribution in [0.15, 0.2) is 41.2 Å². The molecule has 0 saturated carbocycles. The van der Waals surface area contributed by atoms with E-state index in [1.165, 1.54) is 10.6 Å². The number of H-pyrrole nitrogens is 1. The third kappa shape index (κ3) is 2.87. The van der Waals surface area contributed by atoms with Crippen LogP contribution in [0.1, 0.15) is 6.23 Å². The number of hydrogen-bond acceptors (Lipinski definition) is 6. The van der Waals surface area contributed by atoms with E-state index >= 15 is 0 Å². The Balaban J connectivity index is 2.17. The van der Waals surface area contributed by atoms with Gasteiger partial charge in [0.25, 0.3) is 5.56 Å². The molecule has 0 amide bonds. The second-order valence-electron chi connectivity index (χ2n) is 5.29. The highest BCUT2D eigenvalue weighted by Gasteiger charge is 2.44. The Labute approximate surface area is 136 Å². The number of ether oxygens (including phenoxy) is 1. The Kier molecular flexibility index (Phi) is 4.42. The SMILES string of the molecule is O=c1cc(-c2ccccc2)n([C@@H]2O[C@H](CO)[C@@H](O)[C@H]2O)c(=S)[nH]1. The van der Waals surface area contributed by atoms with Crippen molar-refractivity contribution in [1.29, 1.82) is 0 Å². The van der Waals surface area contributed by atoms with Crippen molar-refractivity contribution in [3.05, 3.63) is 51.5 Å². The van der Waals surface area contributed by atoms with Crippen LogP contribution >= 0.6 is 12.2 Å². The van der Waals surface area contributed by atoms with Crippen molar-refractivity contribution in [2.24, 2.45) is 0 Å². The summed E-state index contributed by atoms with van der Waals surface area (Å²) in [4.78, 5) is 14.3. The zero-order valence-corrected chi connectivity index (χ0v) is 12.8. The molecule has 1 aromatic carbocycles. The first-order valence-corrected chi connectivity index (χ1v) is 7.47. The summed E-state index contributed by atoms with van der Waals surface area (Å²) in [5.41, 5.74) is 0.786. The van der Waals surface area contributed by atoms with Gasteiger partial charge in [-0.1, -0.05) is 30.3 Å². The van der Waals surface area contributed by atoms with Crippen molar-refractivity contribution in [2.45, 2.75) is 24.5 Å². The molecule has 0 bridgehead atoms. The number of benzene rings is 1.